The van der Waals surface area contributed by atoms with Crippen molar-refractivity contribution in [3.8, 4) is 17.2 Å². The number of amides is 1. The molecule has 3 rings (SSSR count). The molecule has 0 bridgehead atoms. The lowest BCUT2D eigenvalue weighted by Crippen LogP contribution is -2.20. The van der Waals surface area contributed by atoms with Crippen molar-refractivity contribution >= 4 is 22.4 Å². The largest absolute Gasteiger partial charge is 0.484 e. The van der Waals surface area contributed by atoms with E-state index in [1.165, 1.54) is 11.3 Å². The van der Waals surface area contributed by atoms with Gasteiger partial charge in [0.15, 0.2) is 18.1 Å². The topological polar surface area (TPSA) is 82.6 Å². The lowest BCUT2D eigenvalue weighted by atomic mass is 10.1. The number of nitrogens with zero attached hydrogens (tertiary/aromatic N) is 2. The Hall–Kier alpha value is -2.35. The number of ether oxygens (including phenoxy) is 3. The third kappa shape index (κ3) is 4.10. The Morgan fingerprint density at radius 3 is 3.00 bits per heavy atom. The van der Waals surface area contributed by atoms with E-state index in [0.29, 0.717) is 28.3 Å². The van der Waals surface area contributed by atoms with Crippen LogP contribution in [0.15, 0.2) is 18.2 Å². The van der Waals surface area contributed by atoms with E-state index in [9.17, 15) is 4.79 Å². The number of aromatic nitrogens is 2. The van der Waals surface area contributed by atoms with Crippen LogP contribution in [0, 0.1) is 5.92 Å². The van der Waals surface area contributed by atoms with Gasteiger partial charge in [-0.1, -0.05) is 25.2 Å². The highest BCUT2D eigenvalue weighted by Crippen LogP contribution is 2.35. The van der Waals surface area contributed by atoms with Crippen LogP contribution >= 0.6 is 11.3 Å². The van der Waals surface area contributed by atoms with Crippen LogP contribution in [0.25, 0.3) is 0 Å². The quantitative estimate of drug-likeness (QED) is 0.873. The molecule has 1 N–H and O–H groups in total. The van der Waals surface area contributed by atoms with E-state index < -0.39 is 0 Å². The van der Waals surface area contributed by atoms with E-state index in [4.69, 9.17) is 14.2 Å². The minimum absolute atomic E-state index is 0.112. The number of benzene rings is 1. The second-order valence-electron chi connectivity index (χ2n) is 5.45. The third-order valence-corrected chi connectivity index (χ3v) is 3.87. The zero-order valence-corrected chi connectivity index (χ0v) is 13.7. The fourth-order valence-electron chi connectivity index (χ4n) is 2.01. The molecule has 0 radical (unpaired) electrons. The Morgan fingerprint density at radius 2 is 2.17 bits per heavy atom. The number of hydrogen-bond acceptors (Lipinski definition) is 7. The van der Waals surface area contributed by atoms with E-state index >= 15 is 0 Å². The van der Waals surface area contributed by atoms with Crippen LogP contribution in [0.5, 0.6) is 17.2 Å². The van der Waals surface area contributed by atoms with Crippen molar-refractivity contribution in [1.82, 2.24) is 10.2 Å². The zero-order chi connectivity index (χ0) is 16.2. The normalized spacial score (nSPS) is 12.5. The third-order valence-electron chi connectivity index (χ3n) is 3.01. The van der Waals surface area contributed by atoms with Crippen molar-refractivity contribution in [2.75, 3.05) is 18.7 Å². The number of carbonyl (C=O) groups is 1. The lowest BCUT2D eigenvalue weighted by molar-refractivity contribution is -0.118. The Bertz CT molecular complexity index is 702. The molecule has 7 nitrogen and oxygen atoms in total. The summed E-state index contributed by atoms with van der Waals surface area (Å²) in [7, 11) is 0. The number of rotatable bonds is 6. The highest BCUT2D eigenvalue weighted by molar-refractivity contribution is 7.15. The SMILES string of the molecule is CC(C)Cc1nnc(NC(=O)COc2ccc3c(c2)OCO3)s1. The molecule has 1 aliphatic heterocycles. The fourth-order valence-corrected chi connectivity index (χ4v) is 2.97. The number of hydrogen-bond donors (Lipinski definition) is 1. The lowest BCUT2D eigenvalue weighted by Gasteiger charge is -2.06. The molecule has 0 saturated heterocycles. The van der Waals surface area contributed by atoms with Crippen LogP contribution in [-0.2, 0) is 11.2 Å². The molecule has 2 aromatic rings. The summed E-state index contributed by atoms with van der Waals surface area (Å²) in [6.07, 6.45) is 0.848. The Morgan fingerprint density at radius 1 is 1.35 bits per heavy atom. The zero-order valence-electron chi connectivity index (χ0n) is 12.9. The molecule has 0 aliphatic carbocycles. The first-order valence-electron chi connectivity index (χ1n) is 7.25. The number of fused-ring (bicyclic) bond motifs is 1. The average molecular weight is 335 g/mol. The Balaban J connectivity index is 1.50. The van der Waals surface area contributed by atoms with Crippen LogP contribution < -0.4 is 19.5 Å². The summed E-state index contributed by atoms with van der Waals surface area (Å²) in [5.41, 5.74) is 0. The predicted octanol–water partition coefficient (Wildman–Crippen LogP) is 2.48. The van der Waals surface area contributed by atoms with Crippen molar-refractivity contribution in [3.05, 3.63) is 23.2 Å². The minimum atomic E-state index is -0.282. The molecule has 1 aromatic heterocycles. The van der Waals surface area contributed by atoms with Gasteiger partial charge in [0.05, 0.1) is 0 Å². The maximum atomic E-state index is 11.9. The molecular formula is C15H17N3O4S. The molecular weight excluding hydrogens is 318 g/mol. The van der Waals surface area contributed by atoms with Gasteiger partial charge in [-0.25, -0.2) is 0 Å². The molecule has 1 aliphatic rings. The van der Waals surface area contributed by atoms with Gasteiger partial charge in [0, 0.05) is 12.5 Å². The maximum Gasteiger partial charge on any atom is 0.264 e. The summed E-state index contributed by atoms with van der Waals surface area (Å²) in [5.74, 6) is 2.05. The Labute approximate surface area is 137 Å². The van der Waals surface area contributed by atoms with E-state index in [-0.39, 0.29) is 19.3 Å². The van der Waals surface area contributed by atoms with Gasteiger partial charge in [-0.3, -0.25) is 10.1 Å². The molecule has 0 fully saturated rings. The van der Waals surface area contributed by atoms with Crippen molar-refractivity contribution in [1.29, 1.82) is 0 Å². The van der Waals surface area contributed by atoms with Crippen LogP contribution in [0.1, 0.15) is 18.9 Å². The first-order chi connectivity index (χ1) is 11.1. The molecule has 0 saturated carbocycles. The van der Waals surface area contributed by atoms with E-state index in [1.807, 2.05) is 0 Å². The summed E-state index contributed by atoms with van der Waals surface area (Å²) in [4.78, 5) is 11.9. The summed E-state index contributed by atoms with van der Waals surface area (Å²) in [5, 5.41) is 12.1. The summed E-state index contributed by atoms with van der Waals surface area (Å²) in [6, 6.07) is 5.17. The van der Waals surface area contributed by atoms with Crippen LogP contribution in [0.2, 0.25) is 0 Å². The molecule has 0 spiro atoms. The maximum absolute atomic E-state index is 11.9. The smallest absolute Gasteiger partial charge is 0.264 e. The van der Waals surface area contributed by atoms with Crippen molar-refractivity contribution in [2.24, 2.45) is 5.92 Å². The van der Waals surface area contributed by atoms with E-state index in [0.717, 1.165) is 11.4 Å². The van der Waals surface area contributed by atoms with Gasteiger partial charge in [-0.15, -0.1) is 10.2 Å². The average Bonchev–Trinajstić information content (AvgIpc) is 3.13. The molecule has 0 atom stereocenters. The van der Waals surface area contributed by atoms with Crippen molar-refractivity contribution < 1.29 is 19.0 Å². The van der Waals surface area contributed by atoms with Gasteiger partial charge < -0.3 is 14.2 Å². The summed E-state index contributed by atoms with van der Waals surface area (Å²) in [6.45, 7) is 4.31. The second kappa shape index (κ2) is 6.82. The molecule has 122 valence electrons. The first-order valence-corrected chi connectivity index (χ1v) is 8.06. The standard InChI is InChI=1S/C15H17N3O4S/c1-9(2)5-14-17-18-15(23-14)16-13(19)7-20-10-3-4-11-12(6-10)22-8-21-11/h3-4,6,9H,5,7-8H2,1-2H3,(H,16,18,19). The van der Waals surface area contributed by atoms with Crippen molar-refractivity contribution in [2.45, 2.75) is 20.3 Å². The first kappa shape index (κ1) is 15.5. The van der Waals surface area contributed by atoms with Gasteiger partial charge in [-0.05, 0) is 18.1 Å². The Kier molecular flexibility index (Phi) is 4.61. The van der Waals surface area contributed by atoms with Gasteiger partial charge in [-0.2, -0.15) is 0 Å². The summed E-state index contributed by atoms with van der Waals surface area (Å²) >= 11 is 1.38. The molecule has 2 heterocycles. The molecule has 8 heteroatoms. The van der Waals surface area contributed by atoms with Crippen LogP contribution in [-0.4, -0.2) is 29.5 Å². The summed E-state index contributed by atoms with van der Waals surface area (Å²) < 4.78 is 15.9. The van der Waals surface area contributed by atoms with Gasteiger partial charge in [0.1, 0.15) is 10.8 Å². The predicted molar refractivity (Wildman–Crippen MR) is 85.1 cm³/mol. The van der Waals surface area contributed by atoms with E-state index in [2.05, 4.69) is 29.4 Å². The van der Waals surface area contributed by atoms with Crippen molar-refractivity contribution in [3.63, 3.8) is 0 Å². The number of carbonyl (C=O) groups excluding carboxylic acids is 1. The molecule has 1 aromatic carbocycles. The molecule has 0 unspecified atom stereocenters. The van der Waals surface area contributed by atoms with Crippen LogP contribution in [0.4, 0.5) is 5.13 Å². The minimum Gasteiger partial charge on any atom is -0.484 e. The second-order valence-corrected chi connectivity index (χ2v) is 6.51. The van der Waals surface area contributed by atoms with Gasteiger partial charge >= 0.3 is 0 Å². The van der Waals surface area contributed by atoms with Crippen LogP contribution in [0.3, 0.4) is 0 Å². The fraction of sp³-hybridized carbons (Fsp3) is 0.400. The number of anilines is 1. The highest BCUT2D eigenvalue weighted by atomic mass is 32.1. The monoisotopic (exact) mass is 335 g/mol. The van der Waals surface area contributed by atoms with Gasteiger partial charge in [0.25, 0.3) is 5.91 Å². The molecule has 1 amide bonds. The molecule has 23 heavy (non-hydrogen) atoms. The van der Waals surface area contributed by atoms with Gasteiger partial charge in [0.2, 0.25) is 11.9 Å². The van der Waals surface area contributed by atoms with E-state index in [1.54, 1.807) is 18.2 Å². The number of nitrogens with one attached hydrogen (secondary N) is 1. The highest BCUT2D eigenvalue weighted by Gasteiger charge is 2.15.